The molecule has 0 fully saturated rings. The Morgan fingerprint density at radius 2 is 1.45 bits per heavy atom. The number of aromatic amines is 2. The van der Waals surface area contributed by atoms with Crippen LogP contribution in [0.25, 0.3) is 0 Å². The van der Waals surface area contributed by atoms with Crippen molar-refractivity contribution in [1.82, 2.24) is 30.4 Å². The summed E-state index contributed by atoms with van der Waals surface area (Å²) in [6.45, 7) is 2.21. The molecule has 0 aliphatic rings. The van der Waals surface area contributed by atoms with Gasteiger partial charge in [0.2, 0.25) is 11.9 Å². The van der Waals surface area contributed by atoms with Crippen molar-refractivity contribution in [3.8, 4) is 0 Å². The lowest BCUT2D eigenvalue weighted by Gasteiger charge is -2.10. The van der Waals surface area contributed by atoms with E-state index in [1.54, 1.807) is 0 Å². The molecule has 0 aromatic carbocycles. The molecule has 8 heteroatoms. The minimum Gasteiger partial charge on any atom is -0.367 e. The van der Waals surface area contributed by atoms with Gasteiger partial charge in [-0.2, -0.15) is 9.97 Å². The Morgan fingerprint density at radius 3 is 1.90 bits per heavy atom. The van der Waals surface area contributed by atoms with Crippen LogP contribution in [-0.4, -0.2) is 30.4 Å². The molecule has 2 rings (SSSR count). The van der Waals surface area contributed by atoms with Crippen LogP contribution in [0.1, 0.15) is 63.0 Å². The highest BCUT2D eigenvalue weighted by Crippen LogP contribution is 2.25. The highest BCUT2D eigenvalue weighted by atomic mass is 15.3. The van der Waals surface area contributed by atoms with Crippen LogP contribution >= 0.6 is 0 Å². The van der Waals surface area contributed by atoms with Gasteiger partial charge in [-0.1, -0.05) is 39.0 Å². The van der Waals surface area contributed by atoms with Gasteiger partial charge in [-0.25, -0.2) is 0 Å². The molecule has 0 aliphatic carbocycles. The maximum Gasteiger partial charge on any atom is 0.239 e. The van der Waals surface area contributed by atoms with E-state index in [9.17, 15) is 0 Å². The largest absolute Gasteiger partial charge is 0.367 e. The van der Waals surface area contributed by atoms with Crippen LogP contribution in [0.15, 0.2) is 0 Å². The molecule has 0 amide bonds. The molecule has 2 heterocycles. The lowest BCUT2D eigenvalue weighted by atomic mass is 9.99. The number of aromatic nitrogens is 6. The number of nitrogens with two attached hydrogens (primary N) is 2. The molecule has 0 unspecified atom stereocenters. The van der Waals surface area contributed by atoms with Crippen LogP contribution in [0.4, 0.5) is 11.9 Å². The number of hydrogen-bond donors (Lipinski definition) is 4. The number of anilines is 2. The molecule has 20 heavy (non-hydrogen) atoms. The number of rotatable bonds is 8. The normalized spacial score (nSPS) is 11.3. The third-order valence-corrected chi connectivity index (χ3v) is 3.30. The average Bonchev–Trinajstić information content (AvgIpc) is 3.03. The summed E-state index contributed by atoms with van der Waals surface area (Å²) >= 11 is 0. The first-order chi connectivity index (χ1) is 9.70. The maximum absolute atomic E-state index is 5.57. The monoisotopic (exact) mass is 278 g/mol. The van der Waals surface area contributed by atoms with Crippen molar-refractivity contribution in [2.75, 3.05) is 11.5 Å². The second-order valence-corrected chi connectivity index (χ2v) is 4.91. The number of nitrogens with zero attached hydrogens (tertiary/aromatic N) is 4. The second kappa shape index (κ2) is 6.88. The van der Waals surface area contributed by atoms with E-state index >= 15 is 0 Å². The molecule has 0 atom stereocenters. The van der Waals surface area contributed by atoms with Crippen molar-refractivity contribution in [3.05, 3.63) is 11.6 Å². The van der Waals surface area contributed by atoms with Gasteiger partial charge in [-0.05, 0) is 6.42 Å². The van der Waals surface area contributed by atoms with E-state index < -0.39 is 0 Å². The Hall–Kier alpha value is -2.12. The Morgan fingerprint density at radius 1 is 0.900 bits per heavy atom. The van der Waals surface area contributed by atoms with E-state index in [0.29, 0.717) is 11.6 Å². The fourth-order valence-corrected chi connectivity index (χ4v) is 2.24. The molecule has 0 radical (unpaired) electrons. The van der Waals surface area contributed by atoms with Gasteiger partial charge in [-0.15, -0.1) is 10.2 Å². The summed E-state index contributed by atoms with van der Waals surface area (Å²) in [5, 5.41) is 13.5. The van der Waals surface area contributed by atoms with Gasteiger partial charge in [0.15, 0.2) is 0 Å². The minimum atomic E-state index is -0.0220. The molecular weight excluding hydrogens is 256 g/mol. The van der Waals surface area contributed by atoms with E-state index in [2.05, 4.69) is 37.3 Å². The van der Waals surface area contributed by atoms with Crippen molar-refractivity contribution in [1.29, 1.82) is 0 Å². The van der Waals surface area contributed by atoms with Gasteiger partial charge in [0.1, 0.15) is 11.6 Å². The Bertz CT molecular complexity index is 477. The number of nitrogen functional groups attached to an aromatic ring is 2. The molecule has 2 aromatic rings. The summed E-state index contributed by atoms with van der Waals surface area (Å²) in [5.74, 6) is 1.86. The smallest absolute Gasteiger partial charge is 0.239 e. The van der Waals surface area contributed by atoms with Crippen molar-refractivity contribution in [3.63, 3.8) is 0 Å². The third-order valence-electron chi connectivity index (χ3n) is 3.30. The summed E-state index contributed by atoms with van der Waals surface area (Å²) in [6.07, 6.45) is 6.95. The topological polar surface area (TPSA) is 135 Å². The number of nitrogens with one attached hydrogen (secondary N) is 2. The van der Waals surface area contributed by atoms with E-state index in [1.807, 2.05) is 0 Å². The Kier molecular flexibility index (Phi) is 4.91. The van der Waals surface area contributed by atoms with E-state index in [1.165, 1.54) is 25.7 Å². The zero-order valence-electron chi connectivity index (χ0n) is 11.8. The standard InChI is InChI=1S/C12H22N8/c1-2-3-4-5-6-7-8(9-15-11(13)19-17-9)10-16-12(14)20-18-10/h8H,2-7H2,1H3,(H3,13,15,17,19)(H3,14,16,18,20). The van der Waals surface area contributed by atoms with Crippen LogP contribution in [0, 0.1) is 0 Å². The van der Waals surface area contributed by atoms with Gasteiger partial charge in [0, 0.05) is 0 Å². The summed E-state index contributed by atoms with van der Waals surface area (Å²) in [7, 11) is 0. The summed E-state index contributed by atoms with van der Waals surface area (Å²) in [4.78, 5) is 8.39. The Balaban J connectivity index is 2.01. The van der Waals surface area contributed by atoms with Crippen LogP contribution < -0.4 is 11.5 Å². The fraction of sp³-hybridized carbons (Fsp3) is 0.667. The zero-order valence-corrected chi connectivity index (χ0v) is 11.8. The molecule has 0 spiro atoms. The molecular formula is C12H22N8. The molecule has 6 N–H and O–H groups in total. The molecule has 0 saturated heterocycles. The lowest BCUT2D eigenvalue weighted by Crippen LogP contribution is -2.06. The number of hydrogen-bond acceptors (Lipinski definition) is 6. The van der Waals surface area contributed by atoms with Crippen molar-refractivity contribution < 1.29 is 0 Å². The van der Waals surface area contributed by atoms with Crippen LogP contribution in [0.3, 0.4) is 0 Å². The van der Waals surface area contributed by atoms with Gasteiger partial charge in [0.25, 0.3) is 0 Å². The fourth-order valence-electron chi connectivity index (χ4n) is 2.24. The van der Waals surface area contributed by atoms with Crippen LogP contribution in [-0.2, 0) is 0 Å². The van der Waals surface area contributed by atoms with Gasteiger partial charge < -0.3 is 11.5 Å². The summed E-state index contributed by atoms with van der Waals surface area (Å²) in [6, 6.07) is 0. The molecule has 2 aromatic heterocycles. The second-order valence-electron chi connectivity index (χ2n) is 4.91. The van der Waals surface area contributed by atoms with Gasteiger partial charge >= 0.3 is 0 Å². The minimum absolute atomic E-state index is 0.0220. The van der Waals surface area contributed by atoms with Gasteiger partial charge in [-0.3, -0.25) is 10.2 Å². The first-order valence-corrected chi connectivity index (χ1v) is 7.06. The number of H-pyrrole nitrogens is 2. The van der Waals surface area contributed by atoms with Gasteiger partial charge in [0.05, 0.1) is 5.92 Å². The van der Waals surface area contributed by atoms with Crippen molar-refractivity contribution >= 4 is 11.9 Å². The predicted octanol–water partition coefficient (Wildman–Crippen LogP) is 1.58. The molecule has 0 bridgehead atoms. The summed E-state index contributed by atoms with van der Waals surface area (Å²) in [5.41, 5.74) is 11.1. The summed E-state index contributed by atoms with van der Waals surface area (Å²) < 4.78 is 0. The van der Waals surface area contributed by atoms with Crippen molar-refractivity contribution in [2.45, 2.75) is 51.4 Å². The van der Waals surface area contributed by atoms with E-state index in [-0.39, 0.29) is 17.8 Å². The lowest BCUT2D eigenvalue weighted by molar-refractivity contribution is 0.555. The first-order valence-electron chi connectivity index (χ1n) is 7.06. The van der Waals surface area contributed by atoms with Crippen LogP contribution in [0.5, 0.6) is 0 Å². The predicted molar refractivity (Wildman–Crippen MR) is 76.8 cm³/mol. The first kappa shape index (κ1) is 14.3. The SMILES string of the molecule is CCCCCCCC(c1nc(N)n[nH]1)c1nc(N)n[nH]1. The van der Waals surface area contributed by atoms with Crippen molar-refractivity contribution in [2.24, 2.45) is 0 Å². The molecule has 8 nitrogen and oxygen atoms in total. The highest BCUT2D eigenvalue weighted by Gasteiger charge is 2.21. The highest BCUT2D eigenvalue weighted by molar-refractivity contribution is 5.22. The number of unbranched alkanes of at least 4 members (excludes halogenated alkanes) is 4. The van der Waals surface area contributed by atoms with Crippen LogP contribution in [0.2, 0.25) is 0 Å². The molecule has 0 saturated carbocycles. The zero-order chi connectivity index (χ0) is 14.4. The maximum atomic E-state index is 5.57. The third kappa shape index (κ3) is 3.69. The van der Waals surface area contributed by atoms with E-state index in [4.69, 9.17) is 11.5 Å². The quantitative estimate of drug-likeness (QED) is 0.541. The van der Waals surface area contributed by atoms with E-state index in [0.717, 1.165) is 12.8 Å². The molecule has 0 aliphatic heterocycles. The Labute approximate surface area is 117 Å². The average molecular weight is 278 g/mol. The molecule has 110 valence electrons.